The van der Waals surface area contributed by atoms with Crippen LogP contribution in [-0.2, 0) is 0 Å². The summed E-state index contributed by atoms with van der Waals surface area (Å²) in [7, 11) is 0. The highest BCUT2D eigenvalue weighted by Crippen LogP contribution is 2.51. The van der Waals surface area contributed by atoms with Crippen LogP contribution in [0.15, 0.2) is 186 Å². The van der Waals surface area contributed by atoms with Crippen LogP contribution in [-0.4, -0.2) is 20.9 Å². The number of fused-ring (bicyclic) bond motifs is 14. The van der Waals surface area contributed by atoms with E-state index in [2.05, 4.69) is 178 Å². The molecule has 2 aromatic heterocycles. The summed E-state index contributed by atoms with van der Waals surface area (Å²) in [5.74, 6) is 1.44. The third-order valence-corrected chi connectivity index (χ3v) is 11.3. The molecule has 54 heavy (non-hydrogen) atoms. The van der Waals surface area contributed by atoms with E-state index < -0.39 is 0 Å². The fourth-order valence-corrected chi connectivity index (χ4v) is 9.04. The average molecular weight is 690 g/mol. The monoisotopic (exact) mass is 689 g/mol. The van der Waals surface area contributed by atoms with Crippen molar-refractivity contribution in [3.8, 4) is 27.9 Å². The van der Waals surface area contributed by atoms with Gasteiger partial charge in [-0.15, -0.1) is 0 Å². The minimum atomic E-state index is -0.322. The molecule has 2 aliphatic rings. The van der Waals surface area contributed by atoms with Gasteiger partial charge in [0.25, 0.3) is 0 Å². The first-order valence-electron chi connectivity index (χ1n) is 18.5. The Kier molecular flexibility index (Phi) is 6.05. The lowest BCUT2D eigenvalue weighted by Crippen LogP contribution is -2.35. The Balaban J connectivity index is 1.26. The van der Waals surface area contributed by atoms with Crippen LogP contribution in [0.5, 0.6) is 0 Å². The van der Waals surface area contributed by atoms with Crippen molar-refractivity contribution in [2.24, 2.45) is 9.98 Å². The first-order valence-corrected chi connectivity index (χ1v) is 18.5. The number of benzene rings is 8. The van der Waals surface area contributed by atoms with Crippen molar-refractivity contribution >= 4 is 66.2 Å². The molecule has 5 heteroatoms. The summed E-state index contributed by atoms with van der Waals surface area (Å²) in [6, 6.07) is 63.2. The molecule has 0 spiro atoms. The summed E-state index contributed by atoms with van der Waals surface area (Å²) in [6.45, 7) is 0. The van der Waals surface area contributed by atoms with Gasteiger partial charge >= 0.3 is 0 Å². The average Bonchev–Trinajstić information content (AvgIpc) is 3.73. The molecule has 10 aromatic rings. The van der Waals surface area contributed by atoms with Crippen LogP contribution in [0.2, 0.25) is 0 Å². The lowest BCUT2D eigenvalue weighted by atomic mass is 9.90. The smallest absolute Gasteiger partial charge is 0.234 e. The topological polar surface area (TPSA) is 46.6 Å². The van der Waals surface area contributed by atoms with Gasteiger partial charge in [0, 0.05) is 38.2 Å². The molecule has 0 aliphatic carbocycles. The number of hydrogen-bond donors (Lipinski definition) is 1. The number of nitrogens with one attached hydrogen (secondary N) is 1. The van der Waals surface area contributed by atoms with Crippen molar-refractivity contribution in [3.63, 3.8) is 0 Å². The highest BCUT2D eigenvalue weighted by atomic mass is 15.3. The van der Waals surface area contributed by atoms with Crippen molar-refractivity contribution in [1.29, 1.82) is 0 Å². The van der Waals surface area contributed by atoms with Crippen molar-refractivity contribution in [2.75, 3.05) is 0 Å². The number of rotatable bonds is 2. The van der Waals surface area contributed by atoms with Crippen molar-refractivity contribution in [3.05, 3.63) is 187 Å². The standard InChI is InChI=1S/C49H31N5/c1-3-15-31(16-4-1)47-50-48(32-17-5-2-6-18-32)52-49(51-47)54-41-27-26-30-14-7-8-19-33(30)43(41)45-42(54)29-28-40-44(45)36-22-10-9-20-34(36)37-23-13-24-38-35-21-11-12-25-39(35)53(40)46(37)38/h1-29,47H,(H,50,51,52). The van der Waals surface area contributed by atoms with E-state index in [0.717, 1.165) is 28.0 Å². The molecule has 1 N–H and O–H groups in total. The summed E-state index contributed by atoms with van der Waals surface area (Å²) < 4.78 is 4.79. The molecule has 0 saturated carbocycles. The highest BCUT2D eigenvalue weighted by molar-refractivity contribution is 6.30. The van der Waals surface area contributed by atoms with Crippen LogP contribution in [0.1, 0.15) is 17.3 Å². The Morgan fingerprint density at radius 1 is 0.463 bits per heavy atom. The molecule has 0 bridgehead atoms. The minimum Gasteiger partial charge on any atom is -0.344 e. The quantitative estimate of drug-likeness (QED) is 0.193. The molecule has 8 aromatic carbocycles. The normalized spacial score (nSPS) is 14.9. The molecule has 252 valence electrons. The summed E-state index contributed by atoms with van der Waals surface area (Å²) >= 11 is 0. The molecule has 4 heterocycles. The van der Waals surface area contributed by atoms with E-state index >= 15 is 0 Å². The fourth-order valence-electron chi connectivity index (χ4n) is 9.04. The molecule has 1 atom stereocenters. The molecule has 2 aliphatic heterocycles. The Morgan fingerprint density at radius 3 is 2.00 bits per heavy atom. The Morgan fingerprint density at radius 2 is 1.13 bits per heavy atom. The van der Waals surface area contributed by atoms with Crippen molar-refractivity contribution in [2.45, 2.75) is 6.17 Å². The Bertz CT molecular complexity index is 3240. The number of nitrogens with zero attached hydrogens (tertiary/aromatic N) is 4. The van der Waals surface area contributed by atoms with Crippen LogP contribution < -0.4 is 5.32 Å². The Labute approximate surface area is 310 Å². The van der Waals surface area contributed by atoms with Gasteiger partial charge in [-0.25, -0.2) is 4.99 Å². The van der Waals surface area contributed by atoms with E-state index in [4.69, 9.17) is 9.98 Å². The molecule has 0 fully saturated rings. The highest BCUT2D eigenvalue weighted by Gasteiger charge is 2.30. The van der Waals surface area contributed by atoms with Crippen molar-refractivity contribution in [1.82, 2.24) is 14.5 Å². The van der Waals surface area contributed by atoms with Gasteiger partial charge in [0.05, 0.1) is 27.8 Å². The van der Waals surface area contributed by atoms with Crippen LogP contribution in [0.25, 0.3) is 82.3 Å². The second kappa shape index (κ2) is 11.1. The summed E-state index contributed by atoms with van der Waals surface area (Å²) in [5, 5.41) is 11.0. The zero-order valence-electron chi connectivity index (χ0n) is 29.1. The van der Waals surface area contributed by atoms with Gasteiger partial charge in [-0.1, -0.05) is 152 Å². The maximum atomic E-state index is 5.40. The van der Waals surface area contributed by atoms with E-state index in [0.29, 0.717) is 5.96 Å². The number of para-hydroxylation sites is 2. The van der Waals surface area contributed by atoms with E-state index in [1.165, 1.54) is 71.3 Å². The fraction of sp³-hybridized carbons (Fsp3) is 0.0204. The molecule has 12 rings (SSSR count). The van der Waals surface area contributed by atoms with Gasteiger partial charge < -0.3 is 9.88 Å². The third kappa shape index (κ3) is 4.03. The number of amidine groups is 1. The van der Waals surface area contributed by atoms with Gasteiger partial charge in [-0.05, 0) is 51.7 Å². The van der Waals surface area contributed by atoms with Crippen LogP contribution in [0, 0.1) is 0 Å². The van der Waals surface area contributed by atoms with Gasteiger partial charge in [0.2, 0.25) is 5.96 Å². The predicted molar refractivity (Wildman–Crippen MR) is 224 cm³/mol. The Hall–Kier alpha value is -7.24. The van der Waals surface area contributed by atoms with Crippen LogP contribution in [0.3, 0.4) is 0 Å². The third-order valence-electron chi connectivity index (χ3n) is 11.3. The van der Waals surface area contributed by atoms with Gasteiger partial charge in [0.15, 0.2) is 0 Å². The SMILES string of the molecule is c1ccc(C2=NC(n3c4ccc5c(c4c4c6ccccc6ccc43)-c3ccccc3-c3cccc4c6ccccc6n-5c34)=NC(c3ccccc3)N2)cc1. The molecule has 1 unspecified atom stereocenters. The number of hydrogen-bond acceptors (Lipinski definition) is 3. The van der Waals surface area contributed by atoms with Gasteiger partial charge in [-0.3, -0.25) is 4.57 Å². The summed E-state index contributed by atoms with van der Waals surface area (Å²) in [5.41, 5.74) is 12.7. The van der Waals surface area contributed by atoms with E-state index in [-0.39, 0.29) is 6.17 Å². The van der Waals surface area contributed by atoms with E-state index in [1.807, 2.05) is 12.1 Å². The number of aliphatic imine (C=N–C) groups is 2. The molecule has 0 radical (unpaired) electrons. The van der Waals surface area contributed by atoms with Crippen LogP contribution in [0.4, 0.5) is 0 Å². The first kappa shape index (κ1) is 29.3. The second-order valence-electron chi connectivity index (χ2n) is 14.2. The zero-order valence-corrected chi connectivity index (χ0v) is 29.1. The van der Waals surface area contributed by atoms with E-state index in [9.17, 15) is 0 Å². The number of aromatic nitrogens is 2. The second-order valence-corrected chi connectivity index (χ2v) is 14.2. The van der Waals surface area contributed by atoms with E-state index in [1.54, 1.807) is 0 Å². The lowest BCUT2D eigenvalue weighted by Gasteiger charge is -2.24. The minimum absolute atomic E-state index is 0.322. The van der Waals surface area contributed by atoms with Crippen LogP contribution >= 0.6 is 0 Å². The molecule has 0 saturated heterocycles. The first-order chi connectivity index (χ1) is 26.8. The maximum absolute atomic E-state index is 5.40. The van der Waals surface area contributed by atoms with Gasteiger partial charge in [-0.2, -0.15) is 4.99 Å². The molecular formula is C49H31N5. The summed E-state index contributed by atoms with van der Waals surface area (Å²) in [6.07, 6.45) is -0.322. The predicted octanol–water partition coefficient (Wildman–Crippen LogP) is 11.6. The van der Waals surface area contributed by atoms with Crippen molar-refractivity contribution < 1.29 is 0 Å². The molecule has 0 amide bonds. The molecular weight excluding hydrogens is 659 g/mol. The van der Waals surface area contributed by atoms with Gasteiger partial charge in [0.1, 0.15) is 12.0 Å². The summed E-state index contributed by atoms with van der Waals surface area (Å²) in [4.78, 5) is 10.7. The maximum Gasteiger partial charge on any atom is 0.234 e. The largest absolute Gasteiger partial charge is 0.344 e. The molecule has 5 nitrogen and oxygen atoms in total. The zero-order chi connectivity index (χ0) is 35.3. The lowest BCUT2D eigenvalue weighted by molar-refractivity contribution is 0.668.